The van der Waals surface area contributed by atoms with Gasteiger partial charge < -0.3 is 19.4 Å². The minimum absolute atomic E-state index is 0.0985. The second kappa shape index (κ2) is 11.3. The lowest BCUT2D eigenvalue weighted by Gasteiger charge is -2.28. The Bertz CT molecular complexity index is 1270. The van der Waals surface area contributed by atoms with Crippen molar-refractivity contribution in [1.29, 1.82) is 0 Å². The number of carbonyl (C=O) groups is 1. The van der Waals surface area contributed by atoms with Gasteiger partial charge in [-0.3, -0.25) is 19.4 Å². The number of fused-ring (bicyclic) bond motifs is 1. The number of hydrogen-bond donors (Lipinski definition) is 1. The summed E-state index contributed by atoms with van der Waals surface area (Å²) < 4.78 is 26.1. The van der Waals surface area contributed by atoms with Crippen LogP contribution < -0.4 is 10.7 Å². The molecule has 0 spiro atoms. The Balaban J connectivity index is 1.45. The smallest absolute Gasteiger partial charge is 0.257 e. The third kappa shape index (κ3) is 5.82. The van der Waals surface area contributed by atoms with E-state index in [4.69, 9.17) is 9.47 Å². The van der Waals surface area contributed by atoms with Crippen LogP contribution in [0.3, 0.4) is 0 Å². The Morgan fingerprint density at radius 1 is 0.889 bits per heavy atom. The lowest BCUT2D eigenvalue weighted by molar-refractivity contribution is 0.0240. The van der Waals surface area contributed by atoms with Gasteiger partial charge in [0.05, 0.1) is 38.6 Å². The van der Waals surface area contributed by atoms with Crippen molar-refractivity contribution in [3.8, 4) is 0 Å². The minimum Gasteiger partial charge on any atom is -0.379 e. The molecule has 0 saturated carbocycles. The third-order valence-electron chi connectivity index (χ3n) is 6.72. The maximum Gasteiger partial charge on any atom is 0.257 e. The van der Waals surface area contributed by atoms with E-state index in [1.165, 1.54) is 12.1 Å². The number of carbonyl (C=O) groups excluding carboxylic acids is 1. The second-order valence-electron chi connectivity index (χ2n) is 9.26. The van der Waals surface area contributed by atoms with Gasteiger partial charge in [0.1, 0.15) is 11.4 Å². The van der Waals surface area contributed by atoms with E-state index >= 15 is 0 Å². The van der Waals surface area contributed by atoms with Gasteiger partial charge in [0.25, 0.3) is 5.91 Å². The third-order valence-corrected chi connectivity index (χ3v) is 6.72. The molecule has 0 radical (unpaired) electrons. The van der Waals surface area contributed by atoms with Gasteiger partial charge in [-0.2, -0.15) is 0 Å². The lowest BCUT2D eigenvalue weighted by atomic mass is 10.1. The number of morpholine rings is 2. The van der Waals surface area contributed by atoms with Crippen molar-refractivity contribution < 1.29 is 18.7 Å². The molecule has 9 heteroatoms. The molecule has 8 nitrogen and oxygen atoms in total. The average Bonchev–Trinajstić information content (AvgIpc) is 2.91. The fourth-order valence-electron chi connectivity index (χ4n) is 4.68. The predicted octanol–water partition coefficient (Wildman–Crippen LogP) is 2.19. The number of aromatic nitrogens is 1. The number of halogens is 1. The van der Waals surface area contributed by atoms with Crippen LogP contribution in [0.15, 0.2) is 53.5 Å². The number of pyridine rings is 1. The highest BCUT2D eigenvalue weighted by molar-refractivity contribution is 5.97. The van der Waals surface area contributed by atoms with Gasteiger partial charge in [0, 0.05) is 50.9 Å². The Labute approximate surface area is 209 Å². The summed E-state index contributed by atoms with van der Waals surface area (Å²) in [5.74, 6) is -0.779. The number of benzene rings is 2. The predicted molar refractivity (Wildman–Crippen MR) is 134 cm³/mol. The van der Waals surface area contributed by atoms with Gasteiger partial charge in [0.15, 0.2) is 0 Å². The molecule has 2 aliphatic rings. The maximum atomic E-state index is 13.5. The van der Waals surface area contributed by atoms with Crippen molar-refractivity contribution in [2.24, 2.45) is 0 Å². The summed E-state index contributed by atoms with van der Waals surface area (Å²) in [5, 5.41) is 3.35. The lowest BCUT2D eigenvalue weighted by Crippen LogP contribution is -2.38. The highest BCUT2D eigenvalue weighted by Crippen LogP contribution is 2.18. The Morgan fingerprint density at radius 2 is 1.53 bits per heavy atom. The van der Waals surface area contributed by atoms with E-state index in [1.54, 1.807) is 18.3 Å². The summed E-state index contributed by atoms with van der Waals surface area (Å²) in [7, 11) is 0. The molecule has 0 aliphatic carbocycles. The van der Waals surface area contributed by atoms with E-state index in [-0.39, 0.29) is 23.4 Å². The largest absolute Gasteiger partial charge is 0.379 e. The quantitative estimate of drug-likeness (QED) is 0.543. The molecule has 1 aromatic heterocycles. The van der Waals surface area contributed by atoms with E-state index in [1.807, 2.05) is 16.7 Å². The van der Waals surface area contributed by atoms with Gasteiger partial charge in [0.2, 0.25) is 5.43 Å². The van der Waals surface area contributed by atoms with Crippen LogP contribution in [0.2, 0.25) is 0 Å². The summed E-state index contributed by atoms with van der Waals surface area (Å²) >= 11 is 0. The molecular formula is C27H31FN4O4. The fourth-order valence-corrected chi connectivity index (χ4v) is 4.68. The molecular weight excluding hydrogens is 463 g/mol. The number of rotatable bonds is 7. The van der Waals surface area contributed by atoms with Crippen LogP contribution >= 0.6 is 0 Å². The highest BCUT2D eigenvalue weighted by Gasteiger charge is 2.19. The topological polar surface area (TPSA) is 76.0 Å². The molecule has 0 atom stereocenters. The van der Waals surface area contributed by atoms with Crippen molar-refractivity contribution in [3.05, 3.63) is 81.4 Å². The van der Waals surface area contributed by atoms with Crippen LogP contribution in [0, 0.1) is 5.82 Å². The molecule has 5 rings (SSSR count). The van der Waals surface area contributed by atoms with Crippen molar-refractivity contribution in [2.75, 3.05) is 52.6 Å². The molecule has 3 heterocycles. The first-order valence-electron chi connectivity index (χ1n) is 12.4. The van der Waals surface area contributed by atoms with Gasteiger partial charge in [-0.1, -0.05) is 18.2 Å². The van der Waals surface area contributed by atoms with E-state index in [0.29, 0.717) is 38.5 Å². The Kier molecular flexibility index (Phi) is 7.72. The normalized spacial score (nSPS) is 17.4. The van der Waals surface area contributed by atoms with E-state index in [0.717, 1.165) is 49.4 Å². The molecule has 0 unspecified atom stereocenters. The number of ether oxygens (including phenoxy) is 2. The van der Waals surface area contributed by atoms with Gasteiger partial charge in [-0.25, -0.2) is 4.39 Å². The summed E-state index contributed by atoms with van der Waals surface area (Å²) in [5.41, 5.74) is 2.40. The second-order valence-corrected chi connectivity index (χ2v) is 9.26. The maximum absolute atomic E-state index is 13.5. The highest BCUT2D eigenvalue weighted by atomic mass is 19.1. The van der Waals surface area contributed by atoms with Gasteiger partial charge >= 0.3 is 0 Å². The van der Waals surface area contributed by atoms with Crippen LogP contribution in [0.1, 0.15) is 21.5 Å². The zero-order valence-electron chi connectivity index (χ0n) is 20.2. The van der Waals surface area contributed by atoms with Crippen molar-refractivity contribution in [2.45, 2.75) is 19.8 Å². The molecule has 36 heavy (non-hydrogen) atoms. The first-order valence-corrected chi connectivity index (χ1v) is 12.4. The number of nitrogens with zero attached hydrogens (tertiary/aromatic N) is 3. The summed E-state index contributed by atoms with van der Waals surface area (Å²) in [6.07, 6.45) is 1.65. The summed E-state index contributed by atoms with van der Waals surface area (Å²) in [4.78, 5) is 31.2. The van der Waals surface area contributed by atoms with E-state index in [2.05, 4.69) is 21.2 Å². The molecule has 1 N–H and O–H groups in total. The molecule has 0 bridgehead atoms. The van der Waals surface area contributed by atoms with Crippen LogP contribution in [-0.2, 0) is 29.2 Å². The molecule has 3 aromatic rings. The SMILES string of the molecule is O=C(NCc1ccc(F)cc1)c1cn(CN2CCOCC2)c2ccc(CN3CCOCC3)cc2c1=O. The van der Waals surface area contributed by atoms with E-state index < -0.39 is 5.91 Å². The first-order chi connectivity index (χ1) is 17.6. The van der Waals surface area contributed by atoms with Crippen molar-refractivity contribution >= 4 is 16.8 Å². The first kappa shape index (κ1) is 24.6. The minimum atomic E-state index is -0.444. The average molecular weight is 495 g/mol. The van der Waals surface area contributed by atoms with E-state index in [9.17, 15) is 14.0 Å². The van der Waals surface area contributed by atoms with Crippen LogP contribution in [-0.4, -0.2) is 72.9 Å². The molecule has 2 aromatic carbocycles. The zero-order valence-corrected chi connectivity index (χ0v) is 20.2. The van der Waals surface area contributed by atoms with Gasteiger partial charge in [-0.05, 0) is 35.4 Å². The number of nitrogens with one attached hydrogen (secondary N) is 1. The fraction of sp³-hybridized carbons (Fsp3) is 0.407. The summed E-state index contributed by atoms with van der Waals surface area (Å²) in [6, 6.07) is 11.9. The van der Waals surface area contributed by atoms with Crippen LogP contribution in [0.25, 0.3) is 10.9 Å². The molecule has 1 amide bonds. The number of amides is 1. The molecule has 190 valence electrons. The van der Waals surface area contributed by atoms with Gasteiger partial charge in [-0.15, -0.1) is 0 Å². The van der Waals surface area contributed by atoms with Crippen molar-refractivity contribution in [3.63, 3.8) is 0 Å². The standard InChI is InChI=1S/C27H31FN4O4/c28-22-4-1-20(2-5-22)16-29-27(34)24-18-32(19-31-9-13-36-14-10-31)25-6-3-21(15-23(25)26(24)33)17-30-7-11-35-12-8-30/h1-6,15,18H,7-14,16-17,19H2,(H,29,34). The molecule has 2 saturated heterocycles. The zero-order chi connectivity index (χ0) is 24.9. The monoisotopic (exact) mass is 494 g/mol. The Hall–Kier alpha value is -3.11. The molecule has 2 aliphatic heterocycles. The summed E-state index contributed by atoms with van der Waals surface area (Å²) in [6.45, 7) is 7.50. The molecule has 2 fully saturated rings. The van der Waals surface area contributed by atoms with Crippen LogP contribution in [0.4, 0.5) is 4.39 Å². The van der Waals surface area contributed by atoms with Crippen molar-refractivity contribution in [1.82, 2.24) is 19.7 Å². The Morgan fingerprint density at radius 3 is 2.22 bits per heavy atom. The number of hydrogen-bond acceptors (Lipinski definition) is 6. The van der Waals surface area contributed by atoms with Crippen LogP contribution in [0.5, 0.6) is 0 Å².